The molecule has 2 fully saturated rings. The zero-order valence-corrected chi connectivity index (χ0v) is 14.4. The topological polar surface area (TPSA) is 58.5 Å². The van der Waals surface area contributed by atoms with E-state index in [1.807, 2.05) is 6.92 Å². The van der Waals surface area contributed by atoms with Gasteiger partial charge in [0.25, 0.3) is 10.0 Å². The van der Waals surface area contributed by atoms with Gasteiger partial charge in [-0.05, 0) is 55.1 Å². The second kappa shape index (κ2) is 5.08. The lowest BCUT2D eigenvalue weighted by molar-refractivity contribution is 0.349. The molecule has 0 aromatic heterocycles. The molecular weight excluding hydrogens is 296 g/mol. The molecule has 2 aliphatic rings. The largest absolute Gasteiger partial charge is 0.276 e. The molecular formula is C17H24N2O2S. The number of fused-ring (bicyclic) bond motifs is 1. The fourth-order valence-electron chi connectivity index (χ4n) is 3.86. The van der Waals surface area contributed by atoms with Crippen LogP contribution in [0.1, 0.15) is 39.2 Å². The minimum absolute atomic E-state index is 0.261. The highest BCUT2D eigenvalue weighted by Crippen LogP contribution is 2.68. The lowest BCUT2D eigenvalue weighted by Crippen LogP contribution is -2.22. The van der Waals surface area contributed by atoms with Crippen LogP contribution in [0.2, 0.25) is 0 Å². The van der Waals surface area contributed by atoms with E-state index in [1.54, 1.807) is 24.3 Å². The first-order valence-electron chi connectivity index (χ1n) is 7.91. The molecule has 0 spiro atoms. The summed E-state index contributed by atoms with van der Waals surface area (Å²) in [7, 11) is -3.57. The Morgan fingerprint density at radius 1 is 1.27 bits per heavy atom. The summed E-state index contributed by atoms with van der Waals surface area (Å²) in [5, 5.41) is 4.26. The number of benzene rings is 1. The van der Waals surface area contributed by atoms with Crippen molar-refractivity contribution in [2.45, 2.75) is 45.4 Å². The SMILES string of the molecule is Cc1ccc(S(=O)(=O)N/N=C2\C[C@@]3(C(C)C)C[C@H]3[C@@H]2C)cc1. The number of nitrogens with zero attached hydrogens (tertiary/aromatic N) is 1. The minimum atomic E-state index is -3.57. The first-order chi connectivity index (χ1) is 10.3. The Balaban J connectivity index is 1.76. The number of hydrazone groups is 1. The van der Waals surface area contributed by atoms with Crippen molar-refractivity contribution in [2.24, 2.45) is 28.3 Å². The van der Waals surface area contributed by atoms with Crippen LogP contribution in [0.5, 0.6) is 0 Å². The van der Waals surface area contributed by atoms with Gasteiger partial charge >= 0.3 is 0 Å². The van der Waals surface area contributed by atoms with E-state index in [2.05, 4.69) is 30.7 Å². The predicted molar refractivity (Wildman–Crippen MR) is 88.1 cm³/mol. The fraction of sp³-hybridized carbons (Fsp3) is 0.588. The number of hydrogen-bond acceptors (Lipinski definition) is 3. The summed E-state index contributed by atoms with van der Waals surface area (Å²) in [6, 6.07) is 6.82. The number of sulfonamides is 1. The summed E-state index contributed by atoms with van der Waals surface area (Å²) in [5.74, 6) is 1.68. The molecule has 0 radical (unpaired) electrons. The average Bonchev–Trinajstić information content (AvgIpc) is 3.13. The lowest BCUT2D eigenvalue weighted by atomic mass is 9.90. The molecule has 0 amide bonds. The molecule has 120 valence electrons. The summed E-state index contributed by atoms with van der Waals surface area (Å²) in [6.07, 6.45) is 2.18. The van der Waals surface area contributed by atoms with E-state index in [1.165, 1.54) is 6.42 Å². The predicted octanol–water partition coefficient (Wildman–Crippen LogP) is 3.33. The molecule has 0 unspecified atom stereocenters. The molecule has 22 heavy (non-hydrogen) atoms. The molecule has 0 bridgehead atoms. The van der Waals surface area contributed by atoms with Crippen molar-refractivity contribution in [1.29, 1.82) is 0 Å². The van der Waals surface area contributed by atoms with E-state index in [9.17, 15) is 8.42 Å². The zero-order chi connectivity index (χ0) is 16.1. The van der Waals surface area contributed by atoms with Crippen molar-refractivity contribution in [3.63, 3.8) is 0 Å². The summed E-state index contributed by atoms with van der Waals surface area (Å²) in [5.41, 5.74) is 2.40. The highest BCUT2D eigenvalue weighted by molar-refractivity contribution is 7.89. The van der Waals surface area contributed by atoms with E-state index in [0.29, 0.717) is 23.2 Å². The highest BCUT2D eigenvalue weighted by atomic mass is 32.2. The molecule has 1 aromatic carbocycles. The average molecular weight is 320 g/mol. The molecule has 3 atom stereocenters. The van der Waals surface area contributed by atoms with Gasteiger partial charge in [0.15, 0.2) is 0 Å². The summed E-state index contributed by atoms with van der Waals surface area (Å²) < 4.78 is 24.6. The zero-order valence-electron chi connectivity index (χ0n) is 13.6. The maximum absolute atomic E-state index is 12.3. The highest BCUT2D eigenvalue weighted by Gasteiger charge is 2.64. The van der Waals surface area contributed by atoms with Crippen molar-refractivity contribution < 1.29 is 8.42 Å². The van der Waals surface area contributed by atoms with Crippen LogP contribution in [-0.4, -0.2) is 14.1 Å². The summed E-state index contributed by atoms with van der Waals surface area (Å²) in [4.78, 5) is 2.69. The van der Waals surface area contributed by atoms with Gasteiger partial charge in [0, 0.05) is 5.71 Å². The smallest absolute Gasteiger partial charge is 0.200 e. The third-order valence-corrected chi connectivity index (χ3v) is 6.83. The Labute approximate surface area is 133 Å². The Hall–Kier alpha value is -1.36. The molecule has 5 heteroatoms. The molecule has 0 heterocycles. The van der Waals surface area contributed by atoms with Crippen LogP contribution in [0, 0.1) is 30.1 Å². The number of rotatable bonds is 4. The third kappa shape index (κ3) is 2.45. The Bertz CT molecular complexity index is 707. The van der Waals surface area contributed by atoms with Crippen LogP contribution in [0.15, 0.2) is 34.3 Å². The number of hydrogen-bond donors (Lipinski definition) is 1. The fourth-order valence-corrected chi connectivity index (χ4v) is 4.69. The number of nitrogens with one attached hydrogen (secondary N) is 1. The minimum Gasteiger partial charge on any atom is -0.200 e. The van der Waals surface area contributed by atoms with Crippen molar-refractivity contribution in [1.82, 2.24) is 4.83 Å². The first kappa shape index (κ1) is 15.5. The van der Waals surface area contributed by atoms with Gasteiger partial charge in [0.1, 0.15) is 0 Å². The van der Waals surface area contributed by atoms with Crippen LogP contribution in [0.4, 0.5) is 0 Å². The normalized spacial score (nSPS) is 32.3. The van der Waals surface area contributed by atoms with Crippen LogP contribution >= 0.6 is 0 Å². The quantitative estimate of drug-likeness (QED) is 0.865. The van der Waals surface area contributed by atoms with Gasteiger partial charge in [-0.15, -0.1) is 0 Å². The first-order valence-corrected chi connectivity index (χ1v) is 9.39. The molecule has 1 aromatic rings. The van der Waals surface area contributed by atoms with Gasteiger partial charge in [-0.3, -0.25) is 0 Å². The van der Waals surface area contributed by atoms with Gasteiger partial charge in [0.05, 0.1) is 4.90 Å². The summed E-state index contributed by atoms with van der Waals surface area (Å²) >= 11 is 0. The van der Waals surface area contributed by atoms with Crippen LogP contribution in [0.3, 0.4) is 0 Å². The maximum atomic E-state index is 12.3. The second-order valence-electron chi connectivity index (χ2n) is 7.17. The Kier molecular flexibility index (Phi) is 3.59. The molecule has 1 N–H and O–H groups in total. The van der Waals surface area contributed by atoms with Crippen LogP contribution < -0.4 is 4.83 Å². The monoisotopic (exact) mass is 320 g/mol. The maximum Gasteiger partial charge on any atom is 0.276 e. The number of aryl methyl sites for hydroxylation is 1. The molecule has 4 nitrogen and oxygen atoms in total. The van der Waals surface area contributed by atoms with E-state index < -0.39 is 10.0 Å². The van der Waals surface area contributed by atoms with Crippen molar-refractivity contribution in [3.8, 4) is 0 Å². The van der Waals surface area contributed by atoms with Gasteiger partial charge < -0.3 is 0 Å². The van der Waals surface area contributed by atoms with Gasteiger partial charge in [-0.25, -0.2) is 4.83 Å². The van der Waals surface area contributed by atoms with E-state index in [-0.39, 0.29) is 4.90 Å². The van der Waals surface area contributed by atoms with Gasteiger partial charge in [-0.1, -0.05) is 38.5 Å². The van der Waals surface area contributed by atoms with Gasteiger partial charge in [0.2, 0.25) is 0 Å². The summed E-state index contributed by atoms with van der Waals surface area (Å²) in [6.45, 7) is 8.61. The van der Waals surface area contributed by atoms with E-state index in [4.69, 9.17) is 0 Å². The van der Waals surface area contributed by atoms with Crippen LogP contribution in [-0.2, 0) is 10.0 Å². The van der Waals surface area contributed by atoms with E-state index in [0.717, 1.165) is 17.7 Å². The van der Waals surface area contributed by atoms with Crippen molar-refractivity contribution in [3.05, 3.63) is 29.8 Å². The third-order valence-electron chi connectivity index (χ3n) is 5.61. The second-order valence-corrected chi connectivity index (χ2v) is 8.84. The standard InChI is InChI=1S/C17H24N2O2S/c1-11(2)17-9-15(17)13(4)16(10-17)18-19-22(20,21)14-7-5-12(3)6-8-14/h5-8,11,13,15,19H,9-10H2,1-4H3/b18-16+/t13-,15-,17+/m0/s1. The molecule has 0 aliphatic heterocycles. The molecule has 0 saturated heterocycles. The molecule has 3 rings (SSSR count). The molecule has 2 saturated carbocycles. The Morgan fingerprint density at radius 2 is 1.91 bits per heavy atom. The lowest BCUT2D eigenvalue weighted by Gasteiger charge is -2.16. The van der Waals surface area contributed by atoms with Gasteiger partial charge in [-0.2, -0.15) is 13.5 Å². The van der Waals surface area contributed by atoms with Crippen molar-refractivity contribution in [2.75, 3.05) is 0 Å². The van der Waals surface area contributed by atoms with Crippen LogP contribution in [0.25, 0.3) is 0 Å². The van der Waals surface area contributed by atoms with E-state index >= 15 is 0 Å². The molecule has 2 aliphatic carbocycles. The van der Waals surface area contributed by atoms with Crippen molar-refractivity contribution >= 4 is 15.7 Å². The Morgan fingerprint density at radius 3 is 2.45 bits per heavy atom.